The van der Waals surface area contributed by atoms with Gasteiger partial charge in [-0.3, -0.25) is 14.0 Å². The Morgan fingerprint density at radius 3 is 2.35 bits per heavy atom. The maximum Gasteiger partial charge on any atom is 0.330 e. The summed E-state index contributed by atoms with van der Waals surface area (Å²) in [4.78, 5) is 12.4. The molecule has 0 saturated carbocycles. The van der Waals surface area contributed by atoms with Crippen LogP contribution in [0.1, 0.15) is 25.0 Å². The highest BCUT2D eigenvalue weighted by atomic mass is 31.2. The number of benzene rings is 2. The molecule has 0 unspecified atom stereocenters. The molecule has 9 heteroatoms. The standard InChI is InChI=1S/C25H29FN3O4P/c1-4-32-34(31,33-5-2)17-16-19-6-13-23(14-7-19)28-24(30)15-10-21-18-27-29(3)25(21)20-8-11-22(26)12-9-20/h6-15,18H,4-5,16-17H2,1-3H3,(H,28,30). The summed E-state index contributed by atoms with van der Waals surface area (Å²) in [6, 6.07) is 13.4. The van der Waals surface area contributed by atoms with E-state index in [4.69, 9.17) is 9.05 Å². The van der Waals surface area contributed by atoms with E-state index in [1.165, 1.54) is 18.2 Å². The topological polar surface area (TPSA) is 82.5 Å². The molecule has 3 aromatic rings. The molecule has 1 N–H and O–H groups in total. The van der Waals surface area contributed by atoms with Gasteiger partial charge in [-0.05, 0) is 68.3 Å². The van der Waals surface area contributed by atoms with Crippen molar-refractivity contribution >= 4 is 25.3 Å². The van der Waals surface area contributed by atoms with E-state index in [0.717, 1.165) is 22.4 Å². The SMILES string of the molecule is CCOP(=O)(CCc1ccc(NC(=O)C=Cc2cnn(C)c2-c2ccc(F)cc2)cc1)OCC. The minimum atomic E-state index is -3.09. The summed E-state index contributed by atoms with van der Waals surface area (Å²) in [6.45, 7) is 4.24. The predicted octanol–water partition coefficient (Wildman–Crippen LogP) is 5.69. The van der Waals surface area contributed by atoms with Crippen LogP contribution in [0.2, 0.25) is 0 Å². The maximum absolute atomic E-state index is 13.3. The van der Waals surface area contributed by atoms with E-state index in [2.05, 4.69) is 10.4 Å². The van der Waals surface area contributed by atoms with Crippen LogP contribution >= 0.6 is 7.60 Å². The zero-order chi connectivity index (χ0) is 24.6. The number of halogens is 1. The zero-order valence-corrected chi connectivity index (χ0v) is 20.4. The van der Waals surface area contributed by atoms with Crippen molar-refractivity contribution in [1.29, 1.82) is 0 Å². The molecular formula is C25H29FN3O4P. The first-order chi connectivity index (χ1) is 16.3. The number of aryl methyl sites for hydroxylation is 2. The lowest BCUT2D eigenvalue weighted by Gasteiger charge is -2.16. The van der Waals surface area contributed by atoms with E-state index in [0.29, 0.717) is 31.5 Å². The molecule has 3 rings (SSSR count). The zero-order valence-electron chi connectivity index (χ0n) is 19.5. The Labute approximate surface area is 199 Å². The molecule has 180 valence electrons. The van der Waals surface area contributed by atoms with Gasteiger partial charge < -0.3 is 14.4 Å². The molecule has 0 atom stereocenters. The molecule has 1 aromatic heterocycles. The van der Waals surface area contributed by atoms with Gasteiger partial charge in [-0.1, -0.05) is 12.1 Å². The van der Waals surface area contributed by atoms with E-state index in [-0.39, 0.29) is 11.7 Å². The van der Waals surface area contributed by atoms with E-state index < -0.39 is 7.60 Å². The van der Waals surface area contributed by atoms with Crippen LogP contribution < -0.4 is 5.32 Å². The van der Waals surface area contributed by atoms with Gasteiger partial charge in [-0.2, -0.15) is 5.10 Å². The number of carbonyl (C=O) groups excluding carboxylic acids is 1. The summed E-state index contributed by atoms with van der Waals surface area (Å²) >= 11 is 0. The van der Waals surface area contributed by atoms with Crippen molar-refractivity contribution in [3.8, 4) is 11.3 Å². The fourth-order valence-electron chi connectivity index (χ4n) is 3.47. The van der Waals surface area contributed by atoms with Gasteiger partial charge in [0.2, 0.25) is 5.91 Å². The lowest BCUT2D eigenvalue weighted by Crippen LogP contribution is -2.08. The molecule has 1 amide bonds. The van der Waals surface area contributed by atoms with Gasteiger partial charge in [0.1, 0.15) is 5.82 Å². The number of amides is 1. The van der Waals surface area contributed by atoms with Crippen molar-refractivity contribution in [2.75, 3.05) is 24.7 Å². The second-order valence-corrected chi connectivity index (χ2v) is 9.70. The van der Waals surface area contributed by atoms with Crippen molar-refractivity contribution < 1.29 is 22.8 Å². The molecule has 7 nitrogen and oxygen atoms in total. The van der Waals surface area contributed by atoms with Gasteiger partial charge in [-0.25, -0.2) is 4.39 Å². The second kappa shape index (κ2) is 11.9. The summed E-state index contributed by atoms with van der Waals surface area (Å²) < 4.78 is 38.2. The van der Waals surface area contributed by atoms with E-state index >= 15 is 0 Å². The van der Waals surface area contributed by atoms with Crippen molar-refractivity contribution in [2.45, 2.75) is 20.3 Å². The predicted molar refractivity (Wildman–Crippen MR) is 132 cm³/mol. The summed E-state index contributed by atoms with van der Waals surface area (Å²) in [5.41, 5.74) is 3.93. The Bertz CT molecular complexity index is 1160. The fourth-order valence-corrected chi connectivity index (χ4v) is 5.12. The van der Waals surface area contributed by atoms with E-state index in [1.807, 2.05) is 12.1 Å². The Kier molecular flexibility index (Phi) is 8.93. The number of aromatic nitrogens is 2. The van der Waals surface area contributed by atoms with Crippen LogP contribution in [0.3, 0.4) is 0 Å². The number of anilines is 1. The van der Waals surface area contributed by atoms with Crippen LogP contribution in [0.4, 0.5) is 10.1 Å². The molecule has 0 aliphatic carbocycles. The summed E-state index contributed by atoms with van der Waals surface area (Å²) in [6.07, 6.45) is 5.59. The first kappa shape index (κ1) is 25.6. The third kappa shape index (κ3) is 6.97. The Balaban J connectivity index is 1.61. The van der Waals surface area contributed by atoms with Crippen LogP contribution in [0.25, 0.3) is 17.3 Å². The third-order valence-electron chi connectivity index (χ3n) is 5.05. The Morgan fingerprint density at radius 1 is 1.09 bits per heavy atom. The Hall–Kier alpha value is -3.06. The fraction of sp³-hybridized carbons (Fsp3) is 0.280. The Morgan fingerprint density at radius 2 is 1.74 bits per heavy atom. The van der Waals surface area contributed by atoms with Gasteiger partial charge in [0.25, 0.3) is 0 Å². The van der Waals surface area contributed by atoms with Crippen LogP contribution in [0.5, 0.6) is 0 Å². The number of nitrogens with zero attached hydrogens (tertiary/aromatic N) is 2. The van der Waals surface area contributed by atoms with Gasteiger partial charge >= 0.3 is 7.60 Å². The summed E-state index contributed by atoms with van der Waals surface area (Å²) in [5, 5.41) is 7.07. The largest absolute Gasteiger partial charge is 0.330 e. The van der Waals surface area contributed by atoms with E-state index in [9.17, 15) is 13.8 Å². The molecule has 1 heterocycles. The minimum absolute atomic E-state index is 0.293. The molecule has 0 radical (unpaired) electrons. The van der Waals surface area contributed by atoms with Crippen LogP contribution in [0.15, 0.2) is 60.8 Å². The highest BCUT2D eigenvalue weighted by molar-refractivity contribution is 7.53. The quantitative estimate of drug-likeness (QED) is 0.279. The van der Waals surface area contributed by atoms with Gasteiger partial charge in [0.15, 0.2) is 0 Å². The summed E-state index contributed by atoms with van der Waals surface area (Å²) in [7, 11) is -1.30. The number of rotatable bonds is 11. The van der Waals surface area contributed by atoms with Gasteiger partial charge in [0, 0.05) is 29.9 Å². The van der Waals surface area contributed by atoms with E-state index in [1.54, 1.807) is 62.1 Å². The molecule has 0 aliphatic rings. The van der Waals surface area contributed by atoms with Gasteiger partial charge in [-0.15, -0.1) is 0 Å². The maximum atomic E-state index is 13.3. The number of hydrogen-bond acceptors (Lipinski definition) is 5. The average Bonchev–Trinajstić information content (AvgIpc) is 3.18. The highest BCUT2D eigenvalue weighted by Crippen LogP contribution is 2.48. The monoisotopic (exact) mass is 485 g/mol. The second-order valence-electron chi connectivity index (χ2n) is 7.52. The third-order valence-corrected chi connectivity index (χ3v) is 7.12. The van der Waals surface area contributed by atoms with Crippen molar-refractivity contribution in [3.05, 3.63) is 77.7 Å². The molecule has 0 aliphatic heterocycles. The first-order valence-corrected chi connectivity index (χ1v) is 12.8. The van der Waals surface area contributed by atoms with Crippen LogP contribution in [-0.4, -0.2) is 35.1 Å². The van der Waals surface area contributed by atoms with Crippen molar-refractivity contribution in [1.82, 2.24) is 9.78 Å². The number of carbonyl (C=O) groups is 1. The number of nitrogens with one attached hydrogen (secondary N) is 1. The van der Waals surface area contributed by atoms with Gasteiger partial charge in [0.05, 0.1) is 31.3 Å². The molecule has 34 heavy (non-hydrogen) atoms. The highest BCUT2D eigenvalue weighted by Gasteiger charge is 2.22. The lowest BCUT2D eigenvalue weighted by molar-refractivity contribution is -0.111. The molecule has 0 fully saturated rings. The van der Waals surface area contributed by atoms with Crippen molar-refractivity contribution in [2.24, 2.45) is 7.05 Å². The summed E-state index contributed by atoms with van der Waals surface area (Å²) in [5.74, 6) is -0.607. The molecule has 0 bridgehead atoms. The van der Waals surface area contributed by atoms with Crippen LogP contribution in [0, 0.1) is 5.82 Å². The average molecular weight is 485 g/mol. The molecule has 0 spiro atoms. The molecule has 2 aromatic carbocycles. The smallest absolute Gasteiger partial charge is 0.323 e. The number of hydrogen-bond donors (Lipinski definition) is 1. The normalized spacial score (nSPS) is 11.8. The minimum Gasteiger partial charge on any atom is -0.323 e. The first-order valence-electron chi connectivity index (χ1n) is 11.1. The molecular weight excluding hydrogens is 456 g/mol. The van der Waals surface area contributed by atoms with Crippen LogP contribution in [-0.2, 0) is 31.9 Å². The van der Waals surface area contributed by atoms with Crippen molar-refractivity contribution in [3.63, 3.8) is 0 Å². The lowest BCUT2D eigenvalue weighted by atomic mass is 10.1. The molecule has 0 saturated heterocycles.